The maximum atomic E-state index is 9.92. The monoisotopic (exact) mass is 487 g/mol. The van der Waals surface area contributed by atoms with Crippen molar-refractivity contribution in [2.75, 3.05) is 13.2 Å². The van der Waals surface area contributed by atoms with Crippen LogP contribution in [0, 0.1) is 5.92 Å². The molecule has 0 spiro atoms. The average molecular weight is 488 g/mol. The fraction of sp³-hybridized carbons (Fsp3) is 0.625. The molecule has 0 unspecified atom stereocenters. The van der Waals surface area contributed by atoms with Gasteiger partial charge in [0.2, 0.25) is 0 Å². The summed E-state index contributed by atoms with van der Waals surface area (Å²) in [6, 6.07) is 4.29. The maximum Gasteiger partial charge on any atom is 0.296 e. The normalized spacial score (nSPS) is 27.5. The molecule has 2 saturated heterocycles. The van der Waals surface area contributed by atoms with Crippen LogP contribution in [-0.2, 0) is 28.9 Å². The third-order valence-corrected chi connectivity index (χ3v) is 7.63. The SMILES string of the molecule is O[C@@H]1CO[C@H]2[C@@H]1OC[C@H]2Oc1nc2nc(CCc3ccnn3CC3CCCCC3)c(Cl)cc2[nH]1. The first kappa shape index (κ1) is 22.3. The Hall–Kier alpha value is -2.20. The molecule has 2 N–H and O–H groups in total. The van der Waals surface area contributed by atoms with Crippen LogP contribution in [0.4, 0.5) is 0 Å². The number of fused-ring (bicyclic) bond motifs is 2. The molecule has 6 rings (SSSR count). The molecule has 0 bridgehead atoms. The molecule has 3 aromatic heterocycles. The predicted molar refractivity (Wildman–Crippen MR) is 125 cm³/mol. The summed E-state index contributed by atoms with van der Waals surface area (Å²) in [4.78, 5) is 12.4. The summed E-state index contributed by atoms with van der Waals surface area (Å²) in [7, 11) is 0. The number of aryl methyl sites for hydroxylation is 2. The van der Waals surface area contributed by atoms with Gasteiger partial charge in [-0.25, -0.2) is 4.98 Å². The largest absolute Gasteiger partial charge is 0.456 e. The number of rotatable bonds is 7. The van der Waals surface area contributed by atoms with Crippen LogP contribution >= 0.6 is 11.6 Å². The summed E-state index contributed by atoms with van der Waals surface area (Å²) in [5.41, 5.74) is 3.30. The highest BCUT2D eigenvalue weighted by molar-refractivity contribution is 6.31. The average Bonchev–Trinajstić information content (AvgIpc) is 3.61. The Labute approximate surface area is 202 Å². The molecule has 5 heterocycles. The molecule has 4 atom stereocenters. The van der Waals surface area contributed by atoms with E-state index in [1.54, 1.807) is 0 Å². The number of imidazole rings is 1. The summed E-state index contributed by atoms with van der Waals surface area (Å²) >= 11 is 6.57. The van der Waals surface area contributed by atoms with Gasteiger partial charge < -0.3 is 24.3 Å². The fourth-order valence-corrected chi connectivity index (χ4v) is 5.70. The van der Waals surface area contributed by atoms with Crippen molar-refractivity contribution in [3.8, 4) is 6.01 Å². The van der Waals surface area contributed by atoms with Gasteiger partial charge in [-0.2, -0.15) is 10.1 Å². The van der Waals surface area contributed by atoms with Crippen molar-refractivity contribution in [1.82, 2.24) is 24.7 Å². The predicted octanol–water partition coefficient (Wildman–Crippen LogP) is 3.08. The van der Waals surface area contributed by atoms with Crippen molar-refractivity contribution in [3.63, 3.8) is 0 Å². The first-order valence-corrected chi connectivity index (χ1v) is 12.7. The van der Waals surface area contributed by atoms with Crippen LogP contribution < -0.4 is 4.74 Å². The van der Waals surface area contributed by atoms with Gasteiger partial charge in [-0.15, -0.1) is 0 Å². The van der Waals surface area contributed by atoms with E-state index in [0.29, 0.717) is 35.2 Å². The Morgan fingerprint density at radius 1 is 1.12 bits per heavy atom. The number of pyridine rings is 1. The molecular formula is C24H30ClN5O4. The standard InChI is InChI=1S/C24H30ClN5O4/c25-16-10-18-23(29-24(28-18)34-20-13-33-21-19(31)12-32-22(20)21)27-17(16)7-6-15-8-9-26-30(15)11-14-4-2-1-3-5-14/h8-10,14,19-22,31H,1-7,11-13H2,(H,27,28,29)/t19-,20-,21-,22-/m1/s1. The van der Waals surface area contributed by atoms with E-state index >= 15 is 0 Å². The van der Waals surface area contributed by atoms with Crippen molar-refractivity contribution < 1.29 is 19.3 Å². The van der Waals surface area contributed by atoms with Crippen molar-refractivity contribution in [3.05, 3.63) is 34.7 Å². The van der Waals surface area contributed by atoms with E-state index < -0.39 is 6.10 Å². The smallest absolute Gasteiger partial charge is 0.296 e. The number of H-pyrrole nitrogens is 1. The minimum atomic E-state index is -0.615. The fourth-order valence-electron chi connectivity index (χ4n) is 5.45. The Balaban J connectivity index is 1.12. The van der Waals surface area contributed by atoms with Crippen molar-refractivity contribution in [2.24, 2.45) is 5.92 Å². The van der Waals surface area contributed by atoms with E-state index in [9.17, 15) is 5.11 Å². The number of nitrogens with zero attached hydrogens (tertiary/aromatic N) is 4. The van der Waals surface area contributed by atoms with Crippen LogP contribution in [-0.4, -0.2) is 67.5 Å². The van der Waals surface area contributed by atoms with E-state index in [-0.39, 0.29) is 24.9 Å². The number of ether oxygens (including phenoxy) is 3. The van der Waals surface area contributed by atoms with Gasteiger partial charge in [0.1, 0.15) is 18.3 Å². The lowest BCUT2D eigenvalue weighted by molar-refractivity contribution is 0.00706. The van der Waals surface area contributed by atoms with Crippen molar-refractivity contribution >= 4 is 22.8 Å². The molecule has 0 aromatic carbocycles. The summed E-state index contributed by atoms with van der Waals surface area (Å²) < 4.78 is 19.4. The highest BCUT2D eigenvalue weighted by Crippen LogP contribution is 2.30. The molecule has 0 radical (unpaired) electrons. The number of aromatic amines is 1. The first-order valence-electron chi connectivity index (χ1n) is 12.3. The van der Waals surface area contributed by atoms with E-state index in [4.69, 9.17) is 30.8 Å². The summed E-state index contributed by atoms with van der Waals surface area (Å²) in [6.07, 6.45) is 8.45. The van der Waals surface area contributed by atoms with Gasteiger partial charge in [0, 0.05) is 18.4 Å². The van der Waals surface area contributed by atoms with Crippen LogP contribution in [0.1, 0.15) is 43.5 Å². The Bertz CT molecular complexity index is 1140. The lowest BCUT2D eigenvalue weighted by Gasteiger charge is -2.22. The van der Waals surface area contributed by atoms with Gasteiger partial charge in [0.25, 0.3) is 6.01 Å². The van der Waals surface area contributed by atoms with Crippen molar-refractivity contribution in [1.29, 1.82) is 0 Å². The van der Waals surface area contributed by atoms with E-state index in [0.717, 1.165) is 24.6 Å². The summed E-state index contributed by atoms with van der Waals surface area (Å²) in [5, 5.41) is 15.1. The van der Waals surface area contributed by atoms with Crippen molar-refractivity contribution in [2.45, 2.75) is 75.9 Å². The van der Waals surface area contributed by atoms with Crippen LogP contribution in [0.15, 0.2) is 18.3 Å². The number of hydrogen-bond donors (Lipinski definition) is 2. The lowest BCUT2D eigenvalue weighted by Crippen LogP contribution is -2.34. The Kier molecular flexibility index (Phi) is 6.19. The molecule has 10 heteroatoms. The Morgan fingerprint density at radius 2 is 1.97 bits per heavy atom. The molecule has 3 aromatic rings. The minimum absolute atomic E-state index is 0.259. The number of aromatic nitrogens is 5. The molecule has 0 amide bonds. The molecule has 9 nitrogen and oxygen atoms in total. The highest BCUT2D eigenvalue weighted by atomic mass is 35.5. The van der Waals surface area contributed by atoms with Gasteiger partial charge in [0.05, 0.1) is 29.4 Å². The summed E-state index contributed by atoms with van der Waals surface area (Å²) in [5.74, 6) is 0.728. The molecule has 2 aliphatic heterocycles. The highest BCUT2D eigenvalue weighted by Gasteiger charge is 2.48. The second-order valence-corrected chi connectivity index (χ2v) is 10.1. The minimum Gasteiger partial charge on any atom is -0.456 e. The van der Waals surface area contributed by atoms with Gasteiger partial charge in [-0.1, -0.05) is 30.9 Å². The summed E-state index contributed by atoms with van der Waals surface area (Å²) in [6.45, 7) is 1.60. The molecule has 182 valence electrons. The zero-order valence-electron chi connectivity index (χ0n) is 19.0. The zero-order valence-corrected chi connectivity index (χ0v) is 19.8. The second-order valence-electron chi connectivity index (χ2n) is 9.66. The van der Waals surface area contributed by atoms with E-state index in [2.05, 4.69) is 25.8 Å². The number of halogens is 1. The van der Waals surface area contributed by atoms with E-state index in [1.165, 1.54) is 37.8 Å². The molecule has 3 aliphatic rings. The van der Waals surface area contributed by atoms with Gasteiger partial charge in [-0.05, 0) is 43.7 Å². The topological polar surface area (TPSA) is 107 Å². The Morgan fingerprint density at radius 3 is 2.85 bits per heavy atom. The molecular weight excluding hydrogens is 458 g/mol. The number of aliphatic hydroxyl groups excluding tert-OH is 1. The zero-order chi connectivity index (χ0) is 23.1. The number of hydrogen-bond acceptors (Lipinski definition) is 7. The maximum absolute atomic E-state index is 9.92. The third-order valence-electron chi connectivity index (χ3n) is 7.30. The molecule has 34 heavy (non-hydrogen) atoms. The quantitative estimate of drug-likeness (QED) is 0.527. The van der Waals surface area contributed by atoms with Crippen LogP contribution in [0.25, 0.3) is 11.2 Å². The van der Waals surface area contributed by atoms with Gasteiger partial charge >= 0.3 is 0 Å². The van der Waals surface area contributed by atoms with Crippen LogP contribution in [0.3, 0.4) is 0 Å². The first-order chi connectivity index (χ1) is 16.6. The molecule has 1 aliphatic carbocycles. The second kappa shape index (κ2) is 9.45. The number of aliphatic hydroxyl groups is 1. The lowest BCUT2D eigenvalue weighted by atomic mass is 9.89. The van der Waals surface area contributed by atoms with Crippen LogP contribution in [0.5, 0.6) is 6.01 Å². The molecule has 1 saturated carbocycles. The molecule has 3 fully saturated rings. The third kappa shape index (κ3) is 4.42. The van der Waals surface area contributed by atoms with Crippen LogP contribution in [0.2, 0.25) is 5.02 Å². The van der Waals surface area contributed by atoms with E-state index in [1.807, 2.05) is 12.3 Å². The van der Waals surface area contributed by atoms with Gasteiger partial charge in [0.15, 0.2) is 11.8 Å². The number of nitrogens with one attached hydrogen (secondary N) is 1. The van der Waals surface area contributed by atoms with Gasteiger partial charge in [-0.3, -0.25) is 4.68 Å².